The molecule has 1 N–H and O–H groups in total. The van der Waals surface area contributed by atoms with E-state index >= 15 is 0 Å². The van der Waals surface area contributed by atoms with Gasteiger partial charge in [-0.2, -0.15) is 0 Å². The maximum atomic E-state index is 4.80. The number of rotatable bonds is 4. The van der Waals surface area contributed by atoms with Crippen LogP contribution in [-0.2, 0) is 6.42 Å². The van der Waals surface area contributed by atoms with Crippen molar-refractivity contribution < 1.29 is 0 Å². The second-order valence-electron chi connectivity index (χ2n) is 11.6. The third kappa shape index (κ3) is 4.81. The number of anilines is 1. The van der Waals surface area contributed by atoms with Crippen molar-refractivity contribution in [3.05, 3.63) is 89.9 Å². The number of fused-ring (bicyclic) bond motifs is 1. The fraction of sp³-hybridized carbons (Fsp3) is 0.394. The molecular formula is C33H39N5. The van der Waals surface area contributed by atoms with Crippen molar-refractivity contribution in [2.24, 2.45) is 5.41 Å². The molecule has 2 fully saturated rings. The van der Waals surface area contributed by atoms with Gasteiger partial charge in [0.1, 0.15) is 5.82 Å². The molecule has 5 nitrogen and oxygen atoms in total. The highest BCUT2D eigenvalue weighted by Gasteiger charge is 2.37. The van der Waals surface area contributed by atoms with Crippen molar-refractivity contribution in [2.75, 3.05) is 51.2 Å². The van der Waals surface area contributed by atoms with Gasteiger partial charge in [0.25, 0.3) is 0 Å². The lowest BCUT2D eigenvalue weighted by molar-refractivity contribution is 0.201. The van der Waals surface area contributed by atoms with Gasteiger partial charge in [-0.1, -0.05) is 31.4 Å². The molecule has 0 amide bonds. The molecule has 0 atom stereocenters. The SMILES string of the molecule is C=C1CC2(CCNCC2)Cc2cc(C(=C)c3cc(-c4ccnc(N5CCN(C)CC5)c4)cnc3C)ccc21. The molecule has 5 heteroatoms. The number of piperazine rings is 1. The first kappa shape index (κ1) is 25.0. The van der Waals surface area contributed by atoms with Crippen molar-refractivity contribution in [3.8, 4) is 11.1 Å². The van der Waals surface area contributed by atoms with Gasteiger partial charge in [0.15, 0.2) is 0 Å². The Kier molecular flexibility index (Phi) is 6.67. The lowest BCUT2D eigenvalue weighted by atomic mass is 9.65. The van der Waals surface area contributed by atoms with E-state index in [1.807, 2.05) is 12.4 Å². The molecule has 1 aliphatic carbocycles. The van der Waals surface area contributed by atoms with Crippen LogP contribution < -0.4 is 10.2 Å². The quantitative estimate of drug-likeness (QED) is 0.500. The molecule has 2 saturated heterocycles. The van der Waals surface area contributed by atoms with E-state index in [4.69, 9.17) is 4.98 Å². The predicted octanol–water partition coefficient (Wildman–Crippen LogP) is 5.59. The number of pyridine rings is 2. The van der Waals surface area contributed by atoms with Crippen molar-refractivity contribution in [2.45, 2.75) is 32.6 Å². The van der Waals surface area contributed by atoms with Crippen LogP contribution in [0.4, 0.5) is 5.82 Å². The first-order valence-corrected chi connectivity index (χ1v) is 14.0. The van der Waals surface area contributed by atoms with Crippen molar-refractivity contribution in [1.82, 2.24) is 20.2 Å². The maximum absolute atomic E-state index is 4.80. The average Bonchev–Trinajstić information content (AvgIpc) is 2.93. The van der Waals surface area contributed by atoms with Gasteiger partial charge < -0.3 is 15.1 Å². The van der Waals surface area contributed by atoms with Crippen LogP contribution in [0.3, 0.4) is 0 Å². The summed E-state index contributed by atoms with van der Waals surface area (Å²) in [6.45, 7) is 17.5. The Morgan fingerprint density at radius 2 is 1.74 bits per heavy atom. The topological polar surface area (TPSA) is 44.3 Å². The van der Waals surface area contributed by atoms with Gasteiger partial charge in [0.2, 0.25) is 0 Å². The first-order chi connectivity index (χ1) is 18.4. The molecule has 1 spiro atoms. The van der Waals surface area contributed by atoms with E-state index in [1.165, 1.54) is 35.1 Å². The zero-order valence-corrected chi connectivity index (χ0v) is 22.9. The molecule has 4 heterocycles. The van der Waals surface area contributed by atoms with Crippen molar-refractivity contribution in [1.29, 1.82) is 0 Å². The Balaban J connectivity index is 1.29. The summed E-state index contributed by atoms with van der Waals surface area (Å²) in [5.74, 6) is 1.04. The van der Waals surface area contributed by atoms with Gasteiger partial charge in [0, 0.05) is 55.4 Å². The molecule has 0 bridgehead atoms. The molecule has 196 valence electrons. The molecule has 3 aliphatic rings. The van der Waals surface area contributed by atoms with Gasteiger partial charge in [-0.15, -0.1) is 0 Å². The summed E-state index contributed by atoms with van der Waals surface area (Å²) in [6.07, 6.45) is 8.60. The van der Waals surface area contributed by atoms with Crippen LogP contribution in [0, 0.1) is 12.3 Å². The van der Waals surface area contributed by atoms with Crippen LogP contribution in [0.2, 0.25) is 0 Å². The summed E-state index contributed by atoms with van der Waals surface area (Å²) in [6, 6.07) is 13.4. The number of piperidine rings is 1. The number of benzene rings is 1. The molecule has 0 unspecified atom stereocenters. The minimum atomic E-state index is 0.357. The Labute approximate surface area is 227 Å². The highest BCUT2D eigenvalue weighted by Crippen LogP contribution is 2.47. The Bertz CT molecular complexity index is 1380. The van der Waals surface area contributed by atoms with Crippen molar-refractivity contribution >= 4 is 17.0 Å². The molecule has 38 heavy (non-hydrogen) atoms. The van der Waals surface area contributed by atoms with E-state index in [0.717, 1.165) is 85.9 Å². The minimum Gasteiger partial charge on any atom is -0.354 e. The fourth-order valence-corrected chi connectivity index (χ4v) is 6.56. The third-order valence-corrected chi connectivity index (χ3v) is 8.97. The molecule has 6 rings (SSSR count). The lowest BCUT2D eigenvalue weighted by Crippen LogP contribution is -2.44. The third-order valence-electron chi connectivity index (χ3n) is 8.97. The summed E-state index contributed by atoms with van der Waals surface area (Å²) in [7, 11) is 2.18. The zero-order valence-electron chi connectivity index (χ0n) is 22.9. The summed E-state index contributed by atoms with van der Waals surface area (Å²) >= 11 is 0. The van der Waals surface area contributed by atoms with Gasteiger partial charge in [-0.05, 0) is 110 Å². The number of aryl methyl sites for hydroxylation is 1. The number of nitrogens with one attached hydrogen (secondary N) is 1. The second-order valence-corrected chi connectivity index (χ2v) is 11.6. The van der Waals surface area contributed by atoms with Crippen LogP contribution >= 0.6 is 0 Å². The van der Waals surface area contributed by atoms with E-state index in [9.17, 15) is 0 Å². The van der Waals surface area contributed by atoms with Crippen LogP contribution in [0.5, 0.6) is 0 Å². The van der Waals surface area contributed by atoms with E-state index in [0.29, 0.717) is 5.41 Å². The van der Waals surface area contributed by atoms with E-state index in [1.54, 1.807) is 0 Å². The Hall–Kier alpha value is -3.28. The number of likely N-dealkylation sites (N-methyl/N-ethyl adjacent to an activating group) is 1. The van der Waals surface area contributed by atoms with Gasteiger partial charge in [0.05, 0.1) is 0 Å². The Morgan fingerprint density at radius 1 is 0.947 bits per heavy atom. The highest BCUT2D eigenvalue weighted by molar-refractivity contribution is 5.83. The van der Waals surface area contributed by atoms with Gasteiger partial charge in [-0.25, -0.2) is 4.98 Å². The van der Waals surface area contributed by atoms with Gasteiger partial charge >= 0.3 is 0 Å². The Morgan fingerprint density at radius 3 is 2.53 bits per heavy atom. The van der Waals surface area contributed by atoms with E-state index < -0.39 is 0 Å². The first-order valence-electron chi connectivity index (χ1n) is 14.0. The fourth-order valence-electron chi connectivity index (χ4n) is 6.56. The lowest BCUT2D eigenvalue weighted by Gasteiger charge is -2.42. The van der Waals surface area contributed by atoms with Crippen molar-refractivity contribution in [3.63, 3.8) is 0 Å². The maximum Gasteiger partial charge on any atom is 0.129 e. The largest absolute Gasteiger partial charge is 0.354 e. The monoisotopic (exact) mass is 505 g/mol. The predicted molar refractivity (Wildman–Crippen MR) is 158 cm³/mol. The average molecular weight is 506 g/mol. The minimum absolute atomic E-state index is 0.357. The second kappa shape index (κ2) is 10.1. The standard InChI is InChI=1S/C33H39N5/c1-23-20-33(8-11-34-12-9-33)21-28-17-26(5-6-30(23)28)24(2)31-18-29(22-36-25(31)3)27-7-10-35-32(19-27)38-15-13-37(4)14-16-38/h5-7,10,17-19,22,34H,1-2,8-9,11-16,20-21H2,3-4H3. The zero-order chi connectivity index (χ0) is 26.3. The highest BCUT2D eigenvalue weighted by atomic mass is 15.3. The molecule has 2 aromatic heterocycles. The number of allylic oxidation sites excluding steroid dienone is 1. The molecule has 0 saturated carbocycles. The summed E-state index contributed by atoms with van der Waals surface area (Å²) in [5, 5.41) is 3.54. The molecule has 1 aromatic carbocycles. The molecular weight excluding hydrogens is 466 g/mol. The van der Waals surface area contributed by atoms with Crippen LogP contribution in [0.1, 0.15) is 47.2 Å². The normalized spacial score (nSPS) is 19.4. The van der Waals surface area contributed by atoms with Gasteiger partial charge in [-0.3, -0.25) is 4.98 Å². The number of hydrogen-bond acceptors (Lipinski definition) is 5. The number of hydrogen-bond donors (Lipinski definition) is 1. The van der Waals surface area contributed by atoms with E-state index in [-0.39, 0.29) is 0 Å². The molecule has 2 aliphatic heterocycles. The van der Waals surface area contributed by atoms with Crippen LogP contribution in [-0.4, -0.2) is 61.2 Å². The van der Waals surface area contributed by atoms with E-state index in [2.05, 4.69) is 83.6 Å². The van der Waals surface area contributed by atoms with Crippen LogP contribution in [0.15, 0.2) is 61.9 Å². The summed E-state index contributed by atoms with van der Waals surface area (Å²) in [4.78, 5) is 14.2. The molecule has 0 radical (unpaired) electrons. The van der Waals surface area contributed by atoms with Crippen LogP contribution in [0.25, 0.3) is 22.3 Å². The summed E-state index contributed by atoms with van der Waals surface area (Å²) < 4.78 is 0. The summed E-state index contributed by atoms with van der Waals surface area (Å²) in [5.41, 5.74) is 11.0. The number of aromatic nitrogens is 2. The molecule has 3 aromatic rings. The smallest absolute Gasteiger partial charge is 0.129 e. The number of nitrogens with zero attached hydrogens (tertiary/aromatic N) is 4.